The highest BCUT2D eigenvalue weighted by molar-refractivity contribution is 5.76. The third-order valence-electron chi connectivity index (χ3n) is 16.4. The van der Waals surface area contributed by atoms with E-state index in [9.17, 15) is 19.8 Å². The van der Waals surface area contributed by atoms with Crippen LogP contribution in [-0.2, 0) is 14.3 Å². The topological polar surface area (TPSA) is 95.9 Å². The van der Waals surface area contributed by atoms with Crippen LogP contribution in [0.2, 0.25) is 0 Å². The maximum atomic E-state index is 12.4. The van der Waals surface area contributed by atoms with Crippen LogP contribution in [0.25, 0.3) is 0 Å². The molecule has 6 nitrogen and oxygen atoms in total. The largest absolute Gasteiger partial charge is 0.466 e. The van der Waals surface area contributed by atoms with Gasteiger partial charge in [-0.2, -0.15) is 0 Å². The molecule has 78 heavy (non-hydrogen) atoms. The number of nitrogens with one attached hydrogen (secondary N) is 1. The average molecular weight is 1100 g/mol. The van der Waals surface area contributed by atoms with E-state index < -0.39 is 12.1 Å². The first-order chi connectivity index (χ1) is 38.5. The molecule has 0 spiro atoms. The molecule has 0 aromatic heterocycles. The van der Waals surface area contributed by atoms with E-state index >= 15 is 0 Å². The number of esters is 1. The van der Waals surface area contributed by atoms with Crippen molar-refractivity contribution in [2.24, 2.45) is 0 Å². The number of carbonyl (C=O) groups is 2. The molecule has 2 atom stereocenters. The number of rotatable bonds is 66. The number of aliphatic hydroxyl groups is 2. The van der Waals surface area contributed by atoms with E-state index in [1.165, 1.54) is 302 Å². The second kappa shape index (κ2) is 67.6. The highest BCUT2D eigenvalue weighted by Crippen LogP contribution is 2.18. The van der Waals surface area contributed by atoms with Gasteiger partial charge in [0.25, 0.3) is 0 Å². The molecule has 0 fully saturated rings. The highest BCUT2D eigenvalue weighted by atomic mass is 16.5. The minimum atomic E-state index is -0.660. The second-order valence-corrected chi connectivity index (χ2v) is 24.2. The first kappa shape index (κ1) is 76.1. The summed E-state index contributed by atoms with van der Waals surface area (Å²) in [5.41, 5.74) is 0. The third kappa shape index (κ3) is 63.3. The summed E-state index contributed by atoms with van der Waals surface area (Å²) in [5.74, 6) is -0.0178. The Morgan fingerprint density at radius 2 is 0.641 bits per heavy atom. The zero-order valence-corrected chi connectivity index (χ0v) is 52.7. The summed E-state index contributed by atoms with van der Waals surface area (Å²) in [5, 5.41) is 23.1. The van der Waals surface area contributed by atoms with Gasteiger partial charge in [-0.3, -0.25) is 9.59 Å². The Hall–Kier alpha value is -1.92. The molecule has 0 aromatic rings. The quantitative estimate of drug-likeness (QED) is 0.0320. The lowest BCUT2D eigenvalue weighted by Crippen LogP contribution is -2.45. The van der Waals surface area contributed by atoms with Crippen molar-refractivity contribution in [2.75, 3.05) is 13.2 Å². The number of hydrogen-bond donors (Lipinski definition) is 3. The fourth-order valence-corrected chi connectivity index (χ4v) is 11.0. The molecule has 0 aromatic carbocycles. The van der Waals surface area contributed by atoms with Gasteiger partial charge in [0.05, 0.1) is 25.4 Å². The Balaban J connectivity index is 3.31. The van der Waals surface area contributed by atoms with Gasteiger partial charge in [-0.15, -0.1) is 0 Å². The summed E-state index contributed by atoms with van der Waals surface area (Å²) < 4.78 is 5.51. The molecule has 0 radical (unpaired) electrons. The second-order valence-electron chi connectivity index (χ2n) is 24.2. The van der Waals surface area contributed by atoms with Crippen LogP contribution in [0.5, 0.6) is 0 Å². The summed E-state index contributed by atoms with van der Waals surface area (Å²) in [6.45, 7) is 4.93. The van der Waals surface area contributed by atoms with Crippen LogP contribution in [0.1, 0.15) is 386 Å². The normalized spacial score (nSPS) is 12.7. The van der Waals surface area contributed by atoms with Crippen molar-refractivity contribution in [2.45, 2.75) is 398 Å². The first-order valence-corrected chi connectivity index (χ1v) is 35.2. The van der Waals surface area contributed by atoms with Crippen LogP contribution >= 0.6 is 0 Å². The van der Waals surface area contributed by atoms with Crippen molar-refractivity contribution in [3.05, 3.63) is 36.5 Å². The Morgan fingerprint density at radius 3 is 1.01 bits per heavy atom. The fraction of sp³-hybridized carbons (Fsp3) is 0.889. The minimum Gasteiger partial charge on any atom is -0.466 e. The maximum Gasteiger partial charge on any atom is 0.305 e. The summed E-state index contributed by atoms with van der Waals surface area (Å²) >= 11 is 0. The lowest BCUT2D eigenvalue weighted by molar-refractivity contribution is -0.143. The number of allylic oxidation sites excluding steroid dienone is 6. The molecule has 460 valence electrons. The van der Waals surface area contributed by atoms with E-state index in [1.54, 1.807) is 0 Å². The number of amides is 1. The average Bonchev–Trinajstić information content (AvgIpc) is 3.44. The summed E-state index contributed by atoms with van der Waals surface area (Å²) in [6.07, 6.45) is 86.4. The summed E-state index contributed by atoms with van der Waals surface area (Å²) in [4.78, 5) is 24.5. The predicted molar refractivity (Wildman–Crippen MR) is 343 cm³/mol. The maximum absolute atomic E-state index is 12.4. The van der Waals surface area contributed by atoms with E-state index in [4.69, 9.17) is 4.74 Å². The Labute approximate surface area is 487 Å². The molecule has 0 saturated heterocycles. The number of carbonyl (C=O) groups excluding carboxylic acids is 2. The molecule has 0 saturated carbocycles. The molecule has 6 heteroatoms. The van der Waals surface area contributed by atoms with Crippen molar-refractivity contribution in [1.82, 2.24) is 5.32 Å². The van der Waals surface area contributed by atoms with E-state index in [0.717, 1.165) is 51.4 Å². The predicted octanol–water partition coefficient (Wildman–Crippen LogP) is 22.7. The zero-order valence-electron chi connectivity index (χ0n) is 52.7. The van der Waals surface area contributed by atoms with E-state index in [1.807, 2.05) is 0 Å². The van der Waals surface area contributed by atoms with Crippen molar-refractivity contribution in [1.29, 1.82) is 0 Å². The van der Waals surface area contributed by atoms with Crippen LogP contribution in [0, 0.1) is 0 Å². The van der Waals surface area contributed by atoms with Gasteiger partial charge in [0.15, 0.2) is 0 Å². The smallest absolute Gasteiger partial charge is 0.305 e. The van der Waals surface area contributed by atoms with Crippen LogP contribution in [0.3, 0.4) is 0 Å². The molecular weight excluding hydrogens is 959 g/mol. The lowest BCUT2D eigenvalue weighted by atomic mass is 10.0. The van der Waals surface area contributed by atoms with E-state index in [0.29, 0.717) is 25.9 Å². The van der Waals surface area contributed by atoms with Gasteiger partial charge in [-0.1, -0.05) is 326 Å². The van der Waals surface area contributed by atoms with Gasteiger partial charge in [0.2, 0.25) is 5.91 Å². The van der Waals surface area contributed by atoms with E-state index in [2.05, 4.69) is 55.6 Å². The van der Waals surface area contributed by atoms with Gasteiger partial charge in [0.1, 0.15) is 0 Å². The monoisotopic (exact) mass is 1100 g/mol. The molecule has 0 aliphatic carbocycles. The van der Waals surface area contributed by atoms with Crippen LogP contribution in [0.15, 0.2) is 36.5 Å². The van der Waals surface area contributed by atoms with Crippen LogP contribution in [-0.4, -0.2) is 47.4 Å². The number of unbranched alkanes of at least 4 members (excludes halogenated alkanes) is 49. The molecule has 0 aliphatic rings. The van der Waals surface area contributed by atoms with E-state index in [-0.39, 0.29) is 18.5 Å². The van der Waals surface area contributed by atoms with Crippen LogP contribution < -0.4 is 5.32 Å². The molecule has 0 rings (SSSR count). The molecule has 0 bridgehead atoms. The third-order valence-corrected chi connectivity index (χ3v) is 16.4. The van der Waals surface area contributed by atoms with Crippen molar-refractivity contribution >= 4 is 11.9 Å². The van der Waals surface area contributed by atoms with Gasteiger partial charge in [-0.05, 0) is 83.5 Å². The van der Waals surface area contributed by atoms with Crippen LogP contribution in [0.4, 0.5) is 0 Å². The van der Waals surface area contributed by atoms with Crippen molar-refractivity contribution in [3.63, 3.8) is 0 Å². The summed E-state index contributed by atoms with van der Waals surface area (Å²) in [6, 6.07) is -0.537. The molecule has 0 aliphatic heterocycles. The van der Waals surface area contributed by atoms with Crippen molar-refractivity contribution in [3.8, 4) is 0 Å². The highest BCUT2D eigenvalue weighted by Gasteiger charge is 2.20. The molecule has 1 amide bonds. The van der Waals surface area contributed by atoms with Gasteiger partial charge >= 0.3 is 5.97 Å². The fourth-order valence-electron chi connectivity index (χ4n) is 11.0. The zero-order chi connectivity index (χ0) is 56.4. The summed E-state index contributed by atoms with van der Waals surface area (Å²) in [7, 11) is 0. The minimum absolute atomic E-state index is 0.0152. The Morgan fingerprint density at radius 1 is 0.359 bits per heavy atom. The van der Waals surface area contributed by atoms with Gasteiger partial charge < -0.3 is 20.3 Å². The SMILES string of the molecule is CCCCC/C=C\C/C=C\CCCCCCCCCCCC(=O)OCCCCCCCCCCCCCC/C=C\CCCCCCCCCCCCCCCCCCCC(=O)NC(CO)C(O)CCCCCCCCCCC. The Bertz CT molecular complexity index is 1260. The van der Waals surface area contributed by atoms with Gasteiger partial charge in [-0.25, -0.2) is 0 Å². The Kier molecular flexibility index (Phi) is 65.9. The lowest BCUT2D eigenvalue weighted by Gasteiger charge is -2.22. The number of hydrogen-bond acceptors (Lipinski definition) is 5. The van der Waals surface area contributed by atoms with Crippen molar-refractivity contribution < 1.29 is 24.5 Å². The number of ether oxygens (including phenoxy) is 1. The van der Waals surface area contributed by atoms with Gasteiger partial charge in [0, 0.05) is 12.8 Å². The molecule has 0 heterocycles. The number of aliphatic hydroxyl groups excluding tert-OH is 2. The molecular formula is C72H137NO5. The standard InChI is InChI=1S/C72H137NO5/c1-3-5-7-9-11-13-14-15-16-17-33-37-40-43-46-50-54-58-62-66-72(77)78-67-63-59-55-51-47-44-41-38-35-32-30-28-26-24-22-20-18-19-21-23-25-27-29-31-34-36-39-42-45-49-53-57-61-65-71(76)73-69(68-74)70(75)64-60-56-52-48-12-10-8-6-4-2/h11,13,15-16,22,24,69-70,74-75H,3-10,12,14,17-21,23,25-68H2,1-2H3,(H,73,76)/b13-11-,16-15-,24-22-. The molecule has 3 N–H and O–H groups in total. The first-order valence-electron chi connectivity index (χ1n) is 35.2. The molecule has 2 unspecified atom stereocenters.